The molecule has 2 rings (SSSR count). The van der Waals surface area contributed by atoms with Gasteiger partial charge in [0.05, 0.1) is 17.9 Å². The molecule has 7 nitrogen and oxygen atoms in total. The van der Waals surface area contributed by atoms with Crippen LogP contribution >= 0.6 is 0 Å². The summed E-state index contributed by atoms with van der Waals surface area (Å²) in [4.78, 5) is 23.3. The number of hydrogen-bond acceptors (Lipinski definition) is 5. The van der Waals surface area contributed by atoms with Crippen LogP contribution in [0.1, 0.15) is 18.2 Å². The van der Waals surface area contributed by atoms with E-state index in [9.17, 15) is 9.59 Å². The van der Waals surface area contributed by atoms with Crippen molar-refractivity contribution >= 4 is 23.2 Å². The lowest BCUT2D eigenvalue weighted by Gasteiger charge is -2.04. The second-order valence-electron chi connectivity index (χ2n) is 4.26. The molecule has 0 unspecified atom stereocenters. The van der Waals surface area contributed by atoms with Crippen LogP contribution in [0.2, 0.25) is 0 Å². The van der Waals surface area contributed by atoms with E-state index in [-0.39, 0.29) is 0 Å². The zero-order chi connectivity index (χ0) is 15.9. The van der Waals surface area contributed by atoms with Gasteiger partial charge in [-0.1, -0.05) is 0 Å². The summed E-state index contributed by atoms with van der Waals surface area (Å²) in [6.07, 6.45) is 1.48. The summed E-state index contributed by atoms with van der Waals surface area (Å²) < 4.78 is 5.10. The Morgan fingerprint density at radius 2 is 1.91 bits per heavy atom. The van der Waals surface area contributed by atoms with Gasteiger partial charge in [-0.15, -0.1) is 0 Å². The van der Waals surface area contributed by atoms with Gasteiger partial charge in [0.15, 0.2) is 0 Å². The van der Waals surface area contributed by atoms with Gasteiger partial charge in [0.1, 0.15) is 11.5 Å². The molecule has 110 valence electrons. The summed E-state index contributed by atoms with van der Waals surface area (Å²) in [6.45, 7) is 1.64. The number of rotatable bonds is 3. The van der Waals surface area contributed by atoms with Crippen LogP contribution in [0.4, 0.5) is 5.69 Å². The largest absolute Gasteiger partial charge is 0.463 e. The summed E-state index contributed by atoms with van der Waals surface area (Å²) in [7, 11) is 0. The molecule has 7 heteroatoms. The third kappa shape index (κ3) is 3.80. The van der Waals surface area contributed by atoms with E-state index in [4.69, 9.17) is 9.68 Å². The predicted molar refractivity (Wildman–Crippen MR) is 78.8 cm³/mol. The molecule has 0 aliphatic carbocycles. The van der Waals surface area contributed by atoms with Crippen LogP contribution in [0, 0.1) is 11.3 Å². The Morgan fingerprint density at radius 3 is 2.50 bits per heavy atom. The highest BCUT2D eigenvalue weighted by atomic mass is 16.3. The molecule has 0 bridgehead atoms. The molecule has 2 amide bonds. The van der Waals surface area contributed by atoms with E-state index in [0.29, 0.717) is 22.7 Å². The quantitative estimate of drug-likeness (QED) is 0.510. The van der Waals surface area contributed by atoms with Gasteiger partial charge in [-0.2, -0.15) is 10.4 Å². The number of carbonyl (C=O) groups excluding carboxylic acids is 2. The third-order valence-corrected chi connectivity index (χ3v) is 2.68. The average Bonchev–Trinajstić information content (AvgIpc) is 3.07. The van der Waals surface area contributed by atoms with Crippen LogP contribution in [0.25, 0.3) is 0 Å². The van der Waals surface area contributed by atoms with Crippen LogP contribution in [-0.2, 0) is 9.59 Å². The topological polar surface area (TPSA) is 107 Å². The average molecular weight is 296 g/mol. The number of furan rings is 1. The standard InChI is InChI=1S/C15H12N4O3/c1-10(13-3-2-8-22-13)18-19-15(21)14(20)17-12-6-4-11(9-16)5-7-12/h2-8H,1H3,(H,17,20)(H,19,21)/b18-10+. The normalized spacial score (nSPS) is 10.6. The number of hydrogen-bond donors (Lipinski definition) is 2. The fourth-order valence-electron chi connectivity index (χ4n) is 1.54. The van der Waals surface area contributed by atoms with Gasteiger partial charge in [0, 0.05) is 5.69 Å². The van der Waals surface area contributed by atoms with E-state index < -0.39 is 11.8 Å². The number of benzene rings is 1. The lowest BCUT2D eigenvalue weighted by atomic mass is 10.2. The minimum absolute atomic E-state index is 0.408. The van der Waals surface area contributed by atoms with E-state index in [1.807, 2.05) is 6.07 Å². The van der Waals surface area contributed by atoms with Crippen molar-refractivity contribution < 1.29 is 14.0 Å². The summed E-state index contributed by atoms with van der Waals surface area (Å²) in [5.41, 5.74) is 3.44. The number of carbonyl (C=O) groups is 2. The minimum Gasteiger partial charge on any atom is -0.463 e. The van der Waals surface area contributed by atoms with Gasteiger partial charge >= 0.3 is 11.8 Å². The molecular formula is C15H12N4O3. The molecule has 0 aliphatic rings. The number of nitrogens with zero attached hydrogens (tertiary/aromatic N) is 2. The molecule has 0 radical (unpaired) electrons. The second kappa shape index (κ2) is 6.85. The number of anilines is 1. The Hall–Kier alpha value is -3.40. The predicted octanol–water partition coefficient (Wildman–Crippen LogP) is 1.63. The van der Waals surface area contributed by atoms with Gasteiger partial charge in [-0.25, -0.2) is 5.43 Å². The van der Waals surface area contributed by atoms with Gasteiger partial charge in [-0.05, 0) is 43.3 Å². The molecule has 1 aromatic carbocycles. The van der Waals surface area contributed by atoms with Crippen molar-refractivity contribution in [2.45, 2.75) is 6.92 Å². The zero-order valence-electron chi connectivity index (χ0n) is 11.7. The van der Waals surface area contributed by atoms with Gasteiger partial charge in [-0.3, -0.25) is 9.59 Å². The van der Waals surface area contributed by atoms with Crippen molar-refractivity contribution in [2.24, 2.45) is 5.10 Å². The molecule has 0 atom stereocenters. The second-order valence-corrected chi connectivity index (χ2v) is 4.26. The summed E-state index contributed by atoms with van der Waals surface area (Å²) in [6, 6.07) is 11.5. The van der Waals surface area contributed by atoms with Crippen LogP contribution < -0.4 is 10.7 Å². The molecule has 1 heterocycles. The van der Waals surface area contributed by atoms with E-state index >= 15 is 0 Å². The van der Waals surface area contributed by atoms with E-state index in [1.54, 1.807) is 19.1 Å². The molecule has 0 saturated heterocycles. The van der Waals surface area contributed by atoms with Crippen molar-refractivity contribution in [2.75, 3.05) is 5.32 Å². The number of nitrogens with one attached hydrogen (secondary N) is 2. The fourth-order valence-corrected chi connectivity index (χ4v) is 1.54. The van der Waals surface area contributed by atoms with Crippen molar-refractivity contribution in [1.29, 1.82) is 5.26 Å². The van der Waals surface area contributed by atoms with Crippen LogP contribution in [0.5, 0.6) is 0 Å². The first-order chi connectivity index (χ1) is 10.6. The highest BCUT2D eigenvalue weighted by molar-refractivity contribution is 6.39. The van der Waals surface area contributed by atoms with E-state index in [0.717, 1.165) is 0 Å². The highest BCUT2D eigenvalue weighted by Crippen LogP contribution is 2.08. The van der Waals surface area contributed by atoms with Gasteiger partial charge in [0.2, 0.25) is 0 Å². The molecule has 22 heavy (non-hydrogen) atoms. The SMILES string of the molecule is C/C(=N\NC(=O)C(=O)Nc1ccc(C#N)cc1)c1ccco1. The van der Waals surface area contributed by atoms with Gasteiger partial charge in [0.25, 0.3) is 0 Å². The maximum Gasteiger partial charge on any atom is 0.329 e. The molecule has 2 aromatic rings. The lowest BCUT2D eigenvalue weighted by Crippen LogP contribution is -2.32. The third-order valence-electron chi connectivity index (χ3n) is 2.68. The molecule has 0 saturated carbocycles. The number of hydrazone groups is 1. The van der Waals surface area contributed by atoms with E-state index in [2.05, 4.69) is 15.8 Å². The highest BCUT2D eigenvalue weighted by Gasteiger charge is 2.13. The Balaban J connectivity index is 1.93. The number of amides is 2. The van der Waals surface area contributed by atoms with Crippen molar-refractivity contribution in [3.05, 3.63) is 54.0 Å². The molecule has 0 spiro atoms. The Bertz CT molecular complexity index is 740. The monoisotopic (exact) mass is 296 g/mol. The van der Waals surface area contributed by atoms with E-state index in [1.165, 1.54) is 30.5 Å². The first-order valence-corrected chi connectivity index (χ1v) is 6.30. The minimum atomic E-state index is -0.907. The van der Waals surface area contributed by atoms with Crippen LogP contribution in [0.15, 0.2) is 52.2 Å². The van der Waals surface area contributed by atoms with Gasteiger partial charge < -0.3 is 9.73 Å². The maximum atomic E-state index is 11.7. The molecule has 0 aliphatic heterocycles. The Morgan fingerprint density at radius 1 is 1.18 bits per heavy atom. The van der Waals surface area contributed by atoms with Crippen LogP contribution in [0.3, 0.4) is 0 Å². The van der Waals surface area contributed by atoms with Crippen molar-refractivity contribution in [3.63, 3.8) is 0 Å². The van der Waals surface area contributed by atoms with Crippen molar-refractivity contribution in [3.8, 4) is 6.07 Å². The first kappa shape index (κ1) is 15.0. The maximum absolute atomic E-state index is 11.7. The lowest BCUT2D eigenvalue weighted by molar-refractivity contribution is -0.136. The number of nitriles is 1. The smallest absolute Gasteiger partial charge is 0.329 e. The van der Waals surface area contributed by atoms with Crippen LogP contribution in [-0.4, -0.2) is 17.5 Å². The van der Waals surface area contributed by atoms with Crippen molar-refractivity contribution in [1.82, 2.24) is 5.43 Å². The summed E-state index contributed by atoms with van der Waals surface area (Å²) >= 11 is 0. The molecule has 1 aromatic heterocycles. The Kier molecular flexibility index (Phi) is 4.67. The first-order valence-electron chi connectivity index (χ1n) is 6.30. The zero-order valence-corrected chi connectivity index (χ0v) is 11.7. The Labute approximate surface area is 126 Å². The summed E-state index contributed by atoms with van der Waals surface area (Å²) in [5, 5.41) is 14.8. The fraction of sp³-hybridized carbons (Fsp3) is 0.0667. The molecule has 0 fully saturated rings. The molecular weight excluding hydrogens is 284 g/mol. The molecule has 2 N–H and O–H groups in total. The summed E-state index contributed by atoms with van der Waals surface area (Å²) in [5.74, 6) is -1.27.